The van der Waals surface area contributed by atoms with Crippen LogP contribution in [-0.4, -0.2) is 38.7 Å². The second-order valence-corrected chi connectivity index (χ2v) is 6.40. The Morgan fingerprint density at radius 3 is 2.44 bits per heavy atom. The van der Waals surface area contributed by atoms with Crippen LogP contribution in [-0.2, 0) is 13.1 Å². The number of nitrogens with zero attached hydrogens (tertiary/aromatic N) is 1. The van der Waals surface area contributed by atoms with Gasteiger partial charge in [0.15, 0.2) is 17.5 Å². The van der Waals surface area contributed by atoms with Crippen molar-refractivity contribution in [2.75, 3.05) is 20.2 Å². The average molecular weight is 562 g/mol. The lowest BCUT2D eigenvalue weighted by Gasteiger charge is -2.17. The van der Waals surface area contributed by atoms with Crippen molar-refractivity contribution in [1.82, 2.24) is 16.0 Å². The molecule has 0 aliphatic heterocycles. The largest absolute Gasteiger partial charge is 0.490 e. The lowest BCUT2D eigenvalue weighted by atomic mass is 10.1. The number of carbonyl (C=O) groups excluding carboxylic acids is 1. The Bertz CT molecular complexity index is 897. The molecule has 0 bridgehead atoms. The highest BCUT2D eigenvalue weighted by atomic mass is 127. The van der Waals surface area contributed by atoms with Crippen molar-refractivity contribution in [3.05, 3.63) is 59.2 Å². The molecule has 176 valence electrons. The first-order valence-electron chi connectivity index (χ1n) is 9.99. The number of hydrogen-bond acceptors (Lipinski definition) is 4. The summed E-state index contributed by atoms with van der Waals surface area (Å²) in [5.41, 5.74) is 1.98. The standard InChI is InChI=1S/C22H28F2N4O3.HI/c1-4-26-20(29)16-9-6-8-15(12-16)13-27-22(25-3)28-14-17-10-7-11-18(30-5-2)19(17)31-21(23)24;/h6-12,21H,4-5,13-14H2,1-3H3,(H,26,29)(H2,25,27,28);1H. The molecule has 0 aliphatic rings. The molecule has 2 aromatic carbocycles. The van der Waals surface area contributed by atoms with Crippen LogP contribution in [0.2, 0.25) is 0 Å². The number of guanidine groups is 1. The molecule has 0 aromatic heterocycles. The van der Waals surface area contributed by atoms with Gasteiger partial charge in [0.05, 0.1) is 6.61 Å². The zero-order chi connectivity index (χ0) is 22.6. The van der Waals surface area contributed by atoms with E-state index in [9.17, 15) is 13.6 Å². The van der Waals surface area contributed by atoms with Crippen molar-refractivity contribution in [3.63, 3.8) is 0 Å². The van der Waals surface area contributed by atoms with Gasteiger partial charge in [-0.25, -0.2) is 0 Å². The van der Waals surface area contributed by atoms with Crippen molar-refractivity contribution in [3.8, 4) is 11.5 Å². The van der Waals surface area contributed by atoms with Crippen molar-refractivity contribution in [1.29, 1.82) is 0 Å². The molecule has 32 heavy (non-hydrogen) atoms. The van der Waals surface area contributed by atoms with E-state index in [2.05, 4.69) is 25.7 Å². The Kier molecular flexibility index (Phi) is 12.4. The highest BCUT2D eigenvalue weighted by molar-refractivity contribution is 14.0. The topological polar surface area (TPSA) is 84.0 Å². The molecule has 0 radical (unpaired) electrons. The third-order valence-corrected chi connectivity index (χ3v) is 4.22. The number of nitrogens with one attached hydrogen (secondary N) is 3. The first-order valence-corrected chi connectivity index (χ1v) is 9.99. The Balaban J connectivity index is 0.00000512. The summed E-state index contributed by atoms with van der Waals surface area (Å²) in [6.07, 6.45) is 0. The molecule has 2 rings (SSSR count). The van der Waals surface area contributed by atoms with Gasteiger partial charge in [-0.2, -0.15) is 8.78 Å². The maximum Gasteiger partial charge on any atom is 0.387 e. The van der Waals surface area contributed by atoms with E-state index < -0.39 is 6.61 Å². The lowest BCUT2D eigenvalue weighted by Crippen LogP contribution is -2.36. The van der Waals surface area contributed by atoms with Crippen LogP contribution in [0, 0.1) is 0 Å². The minimum atomic E-state index is -2.96. The number of halogens is 3. The number of alkyl halides is 2. The molecule has 0 aliphatic carbocycles. The molecule has 0 saturated heterocycles. The number of ether oxygens (including phenoxy) is 2. The van der Waals surface area contributed by atoms with Crippen LogP contribution in [0.3, 0.4) is 0 Å². The number of rotatable bonds is 10. The van der Waals surface area contributed by atoms with Gasteiger partial charge >= 0.3 is 6.61 Å². The Morgan fingerprint density at radius 2 is 1.78 bits per heavy atom. The molecule has 1 amide bonds. The molecule has 3 N–H and O–H groups in total. The van der Waals surface area contributed by atoms with Crippen molar-refractivity contribution in [2.45, 2.75) is 33.5 Å². The Labute approximate surface area is 204 Å². The fourth-order valence-electron chi connectivity index (χ4n) is 2.86. The van der Waals surface area contributed by atoms with E-state index in [1.165, 1.54) is 0 Å². The predicted molar refractivity (Wildman–Crippen MR) is 131 cm³/mol. The van der Waals surface area contributed by atoms with Crippen molar-refractivity contribution < 1.29 is 23.0 Å². The first-order chi connectivity index (χ1) is 15.0. The molecule has 7 nitrogen and oxygen atoms in total. The average Bonchev–Trinajstić information content (AvgIpc) is 2.76. The van der Waals surface area contributed by atoms with Gasteiger partial charge in [-0.1, -0.05) is 24.3 Å². The Morgan fingerprint density at radius 1 is 1.06 bits per heavy atom. The fraction of sp³-hybridized carbons (Fsp3) is 0.364. The molecule has 0 saturated carbocycles. The summed E-state index contributed by atoms with van der Waals surface area (Å²) in [5, 5.41) is 8.98. The van der Waals surface area contributed by atoms with Crippen molar-refractivity contribution >= 4 is 35.8 Å². The van der Waals surface area contributed by atoms with Gasteiger partial charge in [-0.15, -0.1) is 24.0 Å². The molecular weight excluding hydrogens is 533 g/mol. The van der Waals surface area contributed by atoms with Crippen LogP contribution >= 0.6 is 24.0 Å². The van der Waals surface area contributed by atoms with Gasteiger partial charge in [0.1, 0.15) is 0 Å². The van der Waals surface area contributed by atoms with E-state index in [1.807, 2.05) is 19.1 Å². The first kappa shape index (κ1) is 27.4. The van der Waals surface area contributed by atoms with Gasteiger partial charge in [0.2, 0.25) is 0 Å². The minimum Gasteiger partial charge on any atom is -0.490 e. The summed E-state index contributed by atoms with van der Waals surface area (Å²) in [4.78, 5) is 16.1. The smallest absolute Gasteiger partial charge is 0.387 e. The summed E-state index contributed by atoms with van der Waals surface area (Å²) in [5.74, 6) is 0.588. The number of hydrogen-bond donors (Lipinski definition) is 3. The number of amides is 1. The summed E-state index contributed by atoms with van der Waals surface area (Å²) in [6.45, 7) is 2.17. The highest BCUT2D eigenvalue weighted by Crippen LogP contribution is 2.32. The fourth-order valence-corrected chi connectivity index (χ4v) is 2.86. The maximum atomic E-state index is 12.9. The molecule has 0 atom stereocenters. The Hall–Kier alpha value is -2.63. The van der Waals surface area contributed by atoms with E-state index in [0.717, 1.165) is 5.56 Å². The number of carbonyl (C=O) groups is 1. The summed E-state index contributed by atoms with van der Waals surface area (Å²) in [6, 6.07) is 12.2. The monoisotopic (exact) mass is 562 g/mol. The minimum absolute atomic E-state index is 0. The van der Waals surface area contributed by atoms with E-state index >= 15 is 0 Å². The zero-order valence-corrected chi connectivity index (χ0v) is 20.6. The van der Waals surface area contributed by atoms with Crippen LogP contribution in [0.15, 0.2) is 47.5 Å². The van der Waals surface area contributed by atoms with Gasteiger partial charge in [0.25, 0.3) is 5.91 Å². The molecule has 0 unspecified atom stereocenters. The summed E-state index contributed by atoms with van der Waals surface area (Å²) >= 11 is 0. The number of benzene rings is 2. The molecule has 0 fully saturated rings. The predicted octanol–water partition coefficient (Wildman–Crippen LogP) is 3.92. The third kappa shape index (κ3) is 8.48. The molecule has 10 heteroatoms. The second-order valence-electron chi connectivity index (χ2n) is 6.40. The number of aliphatic imine (C=N–C) groups is 1. The van der Waals surface area contributed by atoms with Crippen molar-refractivity contribution in [2.24, 2.45) is 4.99 Å². The van der Waals surface area contributed by atoms with E-state index in [4.69, 9.17) is 4.74 Å². The summed E-state index contributed by atoms with van der Waals surface area (Å²) in [7, 11) is 1.60. The van der Waals surface area contributed by atoms with Crippen LogP contribution in [0.5, 0.6) is 11.5 Å². The zero-order valence-electron chi connectivity index (χ0n) is 18.3. The maximum absolute atomic E-state index is 12.9. The van der Waals surface area contributed by atoms with E-state index in [0.29, 0.717) is 36.8 Å². The second kappa shape index (κ2) is 14.4. The number of para-hydroxylation sites is 1. The van der Waals surface area contributed by atoms with Crippen LogP contribution in [0.4, 0.5) is 8.78 Å². The van der Waals surface area contributed by atoms with Crippen LogP contribution in [0.25, 0.3) is 0 Å². The quantitative estimate of drug-likeness (QED) is 0.232. The van der Waals surface area contributed by atoms with Crippen LogP contribution < -0.4 is 25.4 Å². The third-order valence-electron chi connectivity index (χ3n) is 4.22. The van der Waals surface area contributed by atoms with Gasteiger partial charge in [-0.3, -0.25) is 9.79 Å². The molecule has 2 aromatic rings. The van der Waals surface area contributed by atoms with Gasteiger partial charge < -0.3 is 25.4 Å². The molecular formula is C22H29F2IN4O3. The summed E-state index contributed by atoms with van der Waals surface area (Å²) < 4.78 is 35.8. The van der Waals surface area contributed by atoms with E-state index in [1.54, 1.807) is 44.3 Å². The SMILES string of the molecule is CCNC(=O)c1cccc(CNC(=NC)NCc2cccc(OCC)c2OC(F)F)c1.I. The van der Waals surface area contributed by atoms with Gasteiger partial charge in [0, 0.05) is 37.8 Å². The van der Waals surface area contributed by atoms with E-state index in [-0.39, 0.29) is 47.9 Å². The normalized spacial score (nSPS) is 10.9. The molecule has 0 heterocycles. The molecule has 0 spiro atoms. The van der Waals surface area contributed by atoms with Gasteiger partial charge in [-0.05, 0) is 37.6 Å². The lowest BCUT2D eigenvalue weighted by molar-refractivity contribution is -0.0520. The van der Waals surface area contributed by atoms with Crippen LogP contribution in [0.1, 0.15) is 35.3 Å². The highest BCUT2D eigenvalue weighted by Gasteiger charge is 2.16.